The van der Waals surface area contributed by atoms with Crippen LogP contribution in [-0.4, -0.2) is 42.4 Å². The Kier molecular flexibility index (Phi) is 6.12. The van der Waals surface area contributed by atoms with Crippen LogP contribution >= 0.6 is 0 Å². The van der Waals surface area contributed by atoms with E-state index in [9.17, 15) is 9.59 Å². The predicted octanol–water partition coefficient (Wildman–Crippen LogP) is 4.29. The summed E-state index contributed by atoms with van der Waals surface area (Å²) in [5.74, 6) is 0.734. The number of carbonyl (C=O) groups is 2. The van der Waals surface area contributed by atoms with Crippen molar-refractivity contribution in [3.63, 3.8) is 0 Å². The molecule has 5 nitrogen and oxygen atoms in total. The molecule has 5 heteroatoms. The van der Waals surface area contributed by atoms with Gasteiger partial charge in [0.1, 0.15) is 0 Å². The molecule has 29 heavy (non-hydrogen) atoms. The van der Waals surface area contributed by atoms with Crippen molar-refractivity contribution >= 4 is 23.2 Å². The van der Waals surface area contributed by atoms with Crippen LogP contribution in [0.4, 0.5) is 11.4 Å². The molecule has 0 radical (unpaired) electrons. The summed E-state index contributed by atoms with van der Waals surface area (Å²) in [5, 5.41) is 3.03. The van der Waals surface area contributed by atoms with Gasteiger partial charge < -0.3 is 15.1 Å². The molecule has 4 rings (SSSR count). The highest BCUT2D eigenvalue weighted by Gasteiger charge is 2.50. The van der Waals surface area contributed by atoms with Crippen molar-refractivity contribution in [3.8, 4) is 0 Å². The zero-order valence-corrected chi connectivity index (χ0v) is 17.9. The van der Waals surface area contributed by atoms with Gasteiger partial charge in [0.2, 0.25) is 11.8 Å². The lowest BCUT2D eigenvalue weighted by Crippen LogP contribution is -2.44. The van der Waals surface area contributed by atoms with E-state index in [0.29, 0.717) is 12.5 Å². The van der Waals surface area contributed by atoms with E-state index in [1.54, 1.807) is 0 Å². The van der Waals surface area contributed by atoms with Crippen LogP contribution in [0.1, 0.15) is 58.8 Å². The van der Waals surface area contributed by atoms with Crippen LogP contribution in [0.2, 0.25) is 0 Å². The largest absolute Gasteiger partial charge is 0.372 e. The third-order valence-corrected chi connectivity index (χ3v) is 7.11. The number of hydrogen-bond donors (Lipinski definition) is 1. The first-order valence-corrected chi connectivity index (χ1v) is 11.5. The van der Waals surface area contributed by atoms with E-state index < -0.39 is 0 Å². The molecule has 1 aliphatic carbocycles. The van der Waals surface area contributed by atoms with Crippen molar-refractivity contribution in [2.24, 2.45) is 17.8 Å². The average molecular weight is 398 g/mol. The first kappa shape index (κ1) is 20.2. The minimum atomic E-state index is -0.162. The van der Waals surface area contributed by atoms with Gasteiger partial charge in [-0.05, 0) is 75.1 Å². The van der Waals surface area contributed by atoms with E-state index in [1.165, 1.54) is 24.9 Å². The van der Waals surface area contributed by atoms with Crippen LogP contribution in [0.3, 0.4) is 0 Å². The first-order chi connectivity index (χ1) is 14.1. The summed E-state index contributed by atoms with van der Waals surface area (Å²) < 4.78 is 0. The maximum absolute atomic E-state index is 12.9. The van der Waals surface area contributed by atoms with Gasteiger partial charge >= 0.3 is 0 Å². The first-order valence-electron chi connectivity index (χ1n) is 11.5. The summed E-state index contributed by atoms with van der Waals surface area (Å²) in [6, 6.07) is 8.54. The van der Waals surface area contributed by atoms with Crippen LogP contribution in [0.5, 0.6) is 0 Å². The number of carbonyl (C=O) groups excluding carboxylic acids is 2. The summed E-state index contributed by atoms with van der Waals surface area (Å²) in [7, 11) is 0. The molecular formula is C24H35N3O2. The molecule has 3 atom stereocenters. The molecule has 1 aromatic rings. The van der Waals surface area contributed by atoms with Gasteiger partial charge in [0.15, 0.2) is 0 Å². The Labute approximate surface area is 174 Å². The lowest BCUT2D eigenvalue weighted by Gasteiger charge is -2.35. The molecule has 1 aromatic carbocycles. The second-order valence-electron chi connectivity index (χ2n) is 9.24. The van der Waals surface area contributed by atoms with Gasteiger partial charge in [0.25, 0.3) is 0 Å². The number of anilines is 2. The highest BCUT2D eigenvalue weighted by molar-refractivity contribution is 5.99. The molecule has 0 spiro atoms. The fraction of sp³-hybridized carbons (Fsp3) is 0.667. The Balaban J connectivity index is 1.29. The number of amides is 2. The summed E-state index contributed by atoms with van der Waals surface area (Å²) in [5.41, 5.74) is 2.05. The van der Waals surface area contributed by atoms with Gasteiger partial charge in [0.05, 0.1) is 11.8 Å². The number of likely N-dealkylation sites (tertiary alicyclic amines) is 1. The van der Waals surface area contributed by atoms with Crippen LogP contribution in [0.15, 0.2) is 24.3 Å². The number of nitrogens with zero attached hydrogens (tertiary/aromatic N) is 2. The Morgan fingerprint density at radius 2 is 1.72 bits per heavy atom. The van der Waals surface area contributed by atoms with Crippen LogP contribution in [-0.2, 0) is 9.59 Å². The third-order valence-electron chi connectivity index (χ3n) is 7.11. The lowest BCUT2D eigenvalue weighted by molar-refractivity contribution is -0.137. The summed E-state index contributed by atoms with van der Waals surface area (Å²) in [6.07, 6.45) is 7.60. The highest BCUT2D eigenvalue weighted by atomic mass is 16.2. The monoisotopic (exact) mass is 397 g/mol. The van der Waals surface area contributed by atoms with Crippen LogP contribution < -0.4 is 10.2 Å². The molecule has 2 saturated heterocycles. The molecule has 2 aliphatic heterocycles. The summed E-state index contributed by atoms with van der Waals surface area (Å²) in [6.45, 7) is 7.54. The fourth-order valence-electron chi connectivity index (χ4n) is 4.94. The standard InChI is InChI=1S/C24H35N3O2/c1-3-19-6-4-5-13-27(19)24(29)22-16-21(22)23(28)25-18-7-9-20(10-8-18)26-14-11-17(2)12-15-26/h7-10,17,19,21-22H,3-6,11-16H2,1-2H3,(H,25,28). The lowest BCUT2D eigenvalue weighted by atomic mass is 9.99. The maximum Gasteiger partial charge on any atom is 0.228 e. The second-order valence-corrected chi connectivity index (χ2v) is 9.24. The van der Waals surface area contributed by atoms with Crippen molar-refractivity contribution in [2.75, 3.05) is 29.9 Å². The van der Waals surface area contributed by atoms with Crippen molar-refractivity contribution < 1.29 is 9.59 Å². The Bertz CT molecular complexity index is 724. The van der Waals surface area contributed by atoms with E-state index in [0.717, 1.165) is 50.5 Å². The van der Waals surface area contributed by atoms with Gasteiger partial charge in [-0.1, -0.05) is 13.8 Å². The molecule has 3 aliphatic rings. The van der Waals surface area contributed by atoms with Crippen molar-refractivity contribution in [3.05, 3.63) is 24.3 Å². The predicted molar refractivity (Wildman–Crippen MR) is 117 cm³/mol. The van der Waals surface area contributed by atoms with E-state index >= 15 is 0 Å². The summed E-state index contributed by atoms with van der Waals surface area (Å²) in [4.78, 5) is 30.0. The molecule has 158 valence electrons. The minimum absolute atomic E-state index is 0.00652. The molecule has 2 heterocycles. The molecule has 3 unspecified atom stereocenters. The molecule has 3 fully saturated rings. The van der Waals surface area contributed by atoms with E-state index in [2.05, 4.69) is 41.1 Å². The summed E-state index contributed by atoms with van der Waals surface area (Å²) >= 11 is 0. The maximum atomic E-state index is 12.9. The molecule has 1 N–H and O–H groups in total. The zero-order valence-electron chi connectivity index (χ0n) is 17.9. The topological polar surface area (TPSA) is 52.7 Å². The van der Waals surface area contributed by atoms with Crippen molar-refractivity contribution in [1.29, 1.82) is 0 Å². The van der Waals surface area contributed by atoms with Gasteiger partial charge in [0, 0.05) is 37.1 Å². The SMILES string of the molecule is CCC1CCCCN1C(=O)C1CC1C(=O)Nc1ccc(N2CCC(C)CC2)cc1. The molecule has 0 aromatic heterocycles. The number of piperidine rings is 2. The van der Waals surface area contributed by atoms with E-state index in [4.69, 9.17) is 0 Å². The van der Waals surface area contributed by atoms with Gasteiger partial charge in [-0.15, -0.1) is 0 Å². The third kappa shape index (κ3) is 4.59. The normalized spacial score (nSPS) is 27.6. The quantitative estimate of drug-likeness (QED) is 0.806. The van der Waals surface area contributed by atoms with Gasteiger partial charge in [-0.25, -0.2) is 0 Å². The molecular weight excluding hydrogens is 362 g/mol. The van der Waals surface area contributed by atoms with E-state index in [1.807, 2.05) is 12.1 Å². The fourth-order valence-corrected chi connectivity index (χ4v) is 4.94. The Morgan fingerprint density at radius 1 is 1.00 bits per heavy atom. The molecule has 1 saturated carbocycles. The number of benzene rings is 1. The average Bonchev–Trinajstić information content (AvgIpc) is 3.55. The van der Waals surface area contributed by atoms with E-state index in [-0.39, 0.29) is 23.7 Å². The smallest absolute Gasteiger partial charge is 0.228 e. The van der Waals surface area contributed by atoms with Gasteiger partial charge in [-0.2, -0.15) is 0 Å². The van der Waals surface area contributed by atoms with Crippen LogP contribution in [0.25, 0.3) is 0 Å². The van der Waals surface area contributed by atoms with Crippen molar-refractivity contribution in [1.82, 2.24) is 4.90 Å². The molecule has 0 bridgehead atoms. The van der Waals surface area contributed by atoms with Gasteiger partial charge in [-0.3, -0.25) is 9.59 Å². The number of nitrogens with one attached hydrogen (secondary N) is 1. The molecule has 2 amide bonds. The number of hydrogen-bond acceptors (Lipinski definition) is 3. The second kappa shape index (κ2) is 8.76. The number of rotatable bonds is 5. The van der Waals surface area contributed by atoms with Crippen molar-refractivity contribution in [2.45, 2.75) is 64.8 Å². The highest BCUT2D eigenvalue weighted by Crippen LogP contribution is 2.42. The Morgan fingerprint density at radius 3 is 2.41 bits per heavy atom. The Hall–Kier alpha value is -2.04. The zero-order chi connectivity index (χ0) is 20.4. The van der Waals surface area contributed by atoms with Crippen LogP contribution in [0, 0.1) is 17.8 Å². The minimum Gasteiger partial charge on any atom is -0.372 e.